The number of nitrogens with zero attached hydrogens (tertiary/aromatic N) is 1. The van der Waals surface area contributed by atoms with Gasteiger partial charge in [0.15, 0.2) is 0 Å². The van der Waals surface area contributed by atoms with Gasteiger partial charge in [0, 0.05) is 30.6 Å². The van der Waals surface area contributed by atoms with Crippen LogP contribution in [0.1, 0.15) is 11.1 Å². The van der Waals surface area contributed by atoms with Crippen LogP contribution in [-0.2, 0) is 25.1 Å². The third-order valence-corrected chi connectivity index (χ3v) is 2.54. The minimum Gasteiger partial charge on any atom is -0.368 e. The first kappa shape index (κ1) is 13.6. The van der Waals surface area contributed by atoms with Gasteiger partial charge in [-0.05, 0) is 0 Å². The van der Waals surface area contributed by atoms with E-state index in [1.165, 1.54) is 0 Å². The normalized spacial score (nSPS) is 10.1. The number of aliphatic hydroxyl groups is 1. The Kier molecular flexibility index (Phi) is 4.57. The zero-order chi connectivity index (χ0) is 11.4. The van der Waals surface area contributed by atoms with Crippen molar-refractivity contribution in [2.24, 2.45) is 0 Å². The predicted octanol–water partition coefficient (Wildman–Crippen LogP) is 2.44. The van der Waals surface area contributed by atoms with Crippen molar-refractivity contribution in [3.8, 4) is 6.07 Å². The van der Waals surface area contributed by atoms with E-state index in [9.17, 15) is 10.4 Å². The third kappa shape index (κ3) is 2.61. The van der Waals surface area contributed by atoms with E-state index in [2.05, 4.69) is 0 Å². The molecule has 3 heteroatoms. The molecule has 0 unspecified atom stereocenters. The van der Waals surface area contributed by atoms with Crippen LogP contribution < -0.4 is 0 Å². The monoisotopic (exact) mass is 312 g/mol. The average molecular weight is 312 g/mol. The van der Waals surface area contributed by atoms with Crippen LogP contribution in [0.4, 0.5) is 0 Å². The average Bonchev–Trinajstić information content (AvgIpc) is 2.40. The van der Waals surface area contributed by atoms with Crippen LogP contribution in [0.25, 0.3) is 0 Å². The van der Waals surface area contributed by atoms with Gasteiger partial charge in [-0.1, -0.05) is 60.7 Å². The molecule has 2 aromatic carbocycles. The predicted molar refractivity (Wildman–Crippen MR) is 61.5 cm³/mol. The van der Waals surface area contributed by atoms with Crippen LogP contribution in [0.5, 0.6) is 0 Å². The molecule has 0 aliphatic rings. The number of benzene rings is 2. The van der Waals surface area contributed by atoms with Crippen LogP contribution in [0.3, 0.4) is 0 Å². The second-order valence-corrected chi connectivity index (χ2v) is 3.55. The van der Waals surface area contributed by atoms with Gasteiger partial charge in [-0.15, -0.1) is 0 Å². The quantitative estimate of drug-likeness (QED) is 0.684. The number of hydrogen-bond acceptors (Lipinski definition) is 2. The second-order valence-electron chi connectivity index (χ2n) is 3.55. The minimum absolute atomic E-state index is 0. The summed E-state index contributed by atoms with van der Waals surface area (Å²) in [5.74, 6) is 0. The molecule has 0 aliphatic carbocycles. The topological polar surface area (TPSA) is 44.0 Å². The van der Waals surface area contributed by atoms with Gasteiger partial charge in [-0.3, -0.25) is 0 Å². The summed E-state index contributed by atoms with van der Waals surface area (Å²) < 4.78 is 0. The van der Waals surface area contributed by atoms with Crippen molar-refractivity contribution in [3.63, 3.8) is 0 Å². The first-order valence-electron chi connectivity index (χ1n) is 5.02. The molecule has 0 saturated heterocycles. The molecule has 0 heterocycles. The fourth-order valence-corrected chi connectivity index (χ4v) is 1.65. The first-order valence-corrected chi connectivity index (χ1v) is 5.02. The molecule has 0 aromatic heterocycles. The van der Waals surface area contributed by atoms with Crippen molar-refractivity contribution in [2.45, 2.75) is 5.60 Å². The van der Waals surface area contributed by atoms with E-state index in [1.807, 2.05) is 18.2 Å². The summed E-state index contributed by atoms with van der Waals surface area (Å²) >= 11 is 0. The summed E-state index contributed by atoms with van der Waals surface area (Å²) in [7, 11) is 0. The molecule has 2 rings (SSSR count). The fraction of sp³-hybridized carbons (Fsp3) is 0.0714. The Balaban J connectivity index is 0.00000144. The molecule has 0 amide bonds. The summed E-state index contributed by atoms with van der Waals surface area (Å²) in [6.45, 7) is 0. The number of nitriles is 1. The molecule has 0 saturated carbocycles. The summed E-state index contributed by atoms with van der Waals surface area (Å²) in [6, 6.07) is 19.9. The maximum absolute atomic E-state index is 10.4. The van der Waals surface area contributed by atoms with Crippen molar-refractivity contribution in [1.29, 1.82) is 5.26 Å². The van der Waals surface area contributed by atoms with Gasteiger partial charge in [0.25, 0.3) is 0 Å². The number of rotatable bonds is 2. The maximum Gasteiger partial charge on any atom is 0.202 e. The molecule has 1 N–H and O–H groups in total. The first-order chi connectivity index (χ1) is 7.77. The summed E-state index contributed by atoms with van der Waals surface area (Å²) in [5.41, 5.74) is -0.393. The third-order valence-electron chi connectivity index (χ3n) is 2.54. The second kappa shape index (κ2) is 5.73. The Morgan fingerprint density at radius 1 is 0.824 bits per heavy atom. The molecule has 0 fully saturated rings. The van der Waals surface area contributed by atoms with Gasteiger partial charge < -0.3 is 5.11 Å². The smallest absolute Gasteiger partial charge is 0.202 e. The van der Waals surface area contributed by atoms with Crippen LogP contribution in [-0.4, -0.2) is 5.11 Å². The van der Waals surface area contributed by atoms with Crippen molar-refractivity contribution in [3.05, 3.63) is 71.8 Å². The van der Waals surface area contributed by atoms with Gasteiger partial charge in [0.1, 0.15) is 6.07 Å². The van der Waals surface area contributed by atoms with E-state index in [4.69, 9.17) is 0 Å². The maximum atomic E-state index is 10.4. The molecule has 1 radical (unpaired) electrons. The van der Waals surface area contributed by atoms with E-state index in [0.29, 0.717) is 11.1 Å². The van der Waals surface area contributed by atoms with E-state index in [1.54, 1.807) is 48.5 Å². The summed E-state index contributed by atoms with van der Waals surface area (Å²) in [4.78, 5) is 0. The van der Waals surface area contributed by atoms with Crippen LogP contribution in [0, 0.1) is 11.3 Å². The number of hydrogen-bond donors (Lipinski definition) is 1. The van der Waals surface area contributed by atoms with E-state index >= 15 is 0 Å². The van der Waals surface area contributed by atoms with Crippen molar-refractivity contribution in [2.75, 3.05) is 0 Å². The molecular formula is C14H11NORh. The van der Waals surface area contributed by atoms with Crippen molar-refractivity contribution in [1.82, 2.24) is 0 Å². The van der Waals surface area contributed by atoms with E-state index in [0.717, 1.165) is 0 Å². The standard InChI is InChI=1S/C14H11NO.Rh/c15-11-14(16,12-7-3-1-4-8-12)13-9-5-2-6-10-13;/h1-10,16H;. The van der Waals surface area contributed by atoms with E-state index in [-0.39, 0.29) is 19.5 Å². The molecule has 0 bridgehead atoms. The molecule has 0 spiro atoms. The molecular weight excluding hydrogens is 301 g/mol. The molecule has 2 aromatic rings. The molecule has 87 valence electrons. The van der Waals surface area contributed by atoms with Crippen molar-refractivity contribution >= 4 is 0 Å². The van der Waals surface area contributed by atoms with Gasteiger partial charge in [0.2, 0.25) is 5.60 Å². The molecule has 0 atom stereocenters. The van der Waals surface area contributed by atoms with Gasteiger partial charge in [0.05, 0.1) is 0 Å². The van der Waals surface area contributed by atoms with Crippen LogP contribution in [0.15, 0.2) is 60.7 Å². The van der Waals surface area contributed by atoms with Gasteiger partial charge >= 0.3 is 0 Å². The Labute approximate surface area is 113 Å². The van der Waals surface area contributed by atoms with Crippen LogP contribution >= 0.6 is 0 Å². The largest absolute Gasteiger partial charge is 0.368 e. The van der Waals surface area contributed by atoms with Gasteiger partial charge in [-0.2, -0.15) is 5.26 Å². The van der Waals surface area contributed by atoms with E-state index < -0.39 is 5.60 Å². The zero-order valence-corrected chi connectivity index (χ0v) is 10.6. The minimum atomic E-state index is -1.57. The summed E-state index contributed by atoms with van der Waals surface area (Å²) in [6.07, 6.45) is 0. The van der Waals surface area contributed by atoms with Crippen molar-refractivity contribution < 1.29 is 24.6 Å². The summed E-state index contributed by atoms with van der Waals surface area (Å²) in [5, 5.41) is 19.6. The Morgan fingerprint density at radius 3 is 1.47 bits per heavy atom. The van der Waals surface area contributed by atoms with Gasteiger partial charge in [-0.25, -0.2) is 0 Å². The zero-order valence-electron chi connectivity index (χ0n) is 9.00. The van der Waals surface area contributed by atoms with Crippen LogP contribution in [0.2, 0.25) is 0 Å². The molecule has 17 heavy (non-hydrogen) atoms. The Hall–Kier alpha value is -1.49. The Bertz CT molecular complexity index is 465. The molecule has 0 aliphatic heterocycles. The molecule has 2 nitrogen and oxygen atoms in total. The fourth-order valence-electron chi connectivity index (χ4n) is 1.65. The SMILES string of the molecule is N#CC(O)(c1ccccc1)c1ccccc1.[Rh]. The Morgan fingerprint density at radius 2 is 1.18 bits per heavy atom.